The molecule has 0 unspecified atom stereocenters. The van der Waals surface area contributed by atoms with Crippen molar-refractivity contribution in [1.29, 1.82) is 5.26 Å². The third kappa shape index (κ3) is 2.59. The molecule has 0 saturated carbocycles. The van der Waals surface area contributed by atoms with Crippen molar-refractivity contribution in [2.75, 3.05) is 5.32 Å². The van der Waals surface area contributed by atoms with E-state index in [-0.39, 0.29) is 11.6 Å². The van der Waals surface area contributed by atoms with Crippen molar-refractivity contribution in [1.82, 2.24) is 5.16 Å². The van der Waals surface area contributed by atoms with Crippen molar-refractivity contribution in [3.8, 4) is 6.07 Å². The lowest BCUT2D eigenvalue weighted by Crippen LogP contribution is -2.13. The highest BCUT2D eigenvalue weighted by Gasteiger charge is 2.17. The summed E-state index contributed by atoms with van der Waals surface area (Å²) in [5.41, 5.74) is 2.76. The van der Waals surface area contributed by atoms with Crippen LogP contribution in [0, 0.1) is 18.3 Å². The van der Waals surface area contributed by atoms with Crippen molar-refractivity contribution in [3.63, 3.8) is 0 Å². The number of halogens is 1. The summed E-state index contributed by atoms with van der Waals surface area (Å²) in [5.74, 6) is -0.353. The van der Waals surface area contributed by atoms with Gasteiger partial charge in [-0.2, -0.15) is 5.26 Å². The average molecular weight is 356 g/mol. The molecular weight excluding hydrogens is 346 g/mol. The van der Waals surface area contributed by atoms with Gasteiger partial charge >= 0.3 is 0 Å². The maximum atomic E-state index is 12.4. The largest absolute Gasteiger partial charge is 0.355 e. The first-order chi connectivity index (χ1) is 10.6. The second-order valence-corrected chi connectivity index (χ2v) is 5.68. The lowest BCUT2D eigenvalue weighted by molar-refractivity contribution is 0.102. The number of anilines is 1. The number of fused-ring (bicyclic) bond motifs is 1. The molecule has 1 heterocycles. The summed E-state index contributed by atoms with van der Waals surface area (Å²) in [6, 6.07) is 12.5. The van der Waals surface area contributed by atoms with Crippen molar-refractivity contribution in [2.45, 2.75) is 6.92 Å². The maximum Gasteiger partial charge on any atom is 0.278 e. The van der Waals surface area contributed by atoms with Crippen LogP contribution >= 0.6 is 15.9 Å². The van der Waals surface area contributed by atoms with Gasteiger partial charge in [0.05, 0.1) is 17.0 Å². The molecule has 1 amide bonds. The Bertz CT molecular complexity index is 925. The zero-order chi connectivity index (χ0) is 15.7. The summed E-state index contributed by atoms with van der Waals surface area (Å²) in [7, 11) is 0. The van der Waals surface area contributed by atoms with Gasteiger partial charge in [0.2, 0.25) is 0 Å². The molecule has 3 rings (SSSR count). The Morgan fingerprint density at radius 2 is 2.14 bits per heavy atom. The number of hydrogen-bond acceptors (Lipinski definition) is 4. The van der Waals surface area contributed by atoms with Gasteiger partial charge in [-0.05, 0) is 48.9 Å². The molecule has 0 spiro atoms. The average Bonchev–Trinajstić information content (AvgIpc) is 2.92. The molecule has 0 aliphatic heterocycles. The SMILES string of the molecule is Cc1cc(C#N)ccc1NC(=O)c1noc2cc(Br)ccc12. The summed E-state index contributed by atoms with van der Waals surface area (Å²) in [6.07, 6.45) is 0. The van der Waals surface area contributed by atoms with Gasteiger partial charge in [0.25, 0.3) is 5.91 Å². The Kier molecular flexibility index (Phi) is 3.65. The molecule has 3 aromatic rings. The number of aryl methyl sites for hydroxylation is 1. The number of benzene rings is 2. The molecule has 108 valence electrons. The van der Waals surface area contributed by atoms with Gasteiger partial charge in [0, 0.05) is 10.2 Å². The predicted molar refractivity (Wildman–Crippen MR) is 85.6 cm³/mol. The molecule has 1 aromatic heterocycles. The van der Waals surface area contributed by atoms with E-state index in [1.165, 1.54) is 0 Å². The van der Waals surface area contributed by atoms with Gasteiger partial charge in [-0.3, -0.25) is 4.79 Å². The fraction of sp³-hybridized carbons (Fsp3) is 0.0625. The fourth-order valence-electron chi connectivity index (χ4n) is 2.13. The molecule has 0 bridgehead atoms. The van der Waals surface area contributed by atoms with Crippen molar-refractivity contribution in [2.24, 2.45) is 0 Å². The van der Waals surface area contributed by atoms with Gasteiger partial charge in [-0.25, -0.2) is 0 Å². The van der Waals surface area contributed by atoms with E-state index in [1.54, 1.807) is 30.3 Å². The zero-order valence-electron chi connectivity index (χ0n) is 11.6. The number of aromatic nitrogens is 1. The maximum absolute atomic E-state index is 12.4. The minimum absolute atomic E-state index is 0.228. The minimum atomic E-state index is -0.353. The molecule has 0 atom stereocenters. The Morgan fingerprint density at radius 1 is 1.32 bits per heavy atom. The summed E-state index contributed by atoms with van der Waals surface area (Å²) in [4.78, 5) is 12.4. The van der Waals surface area contributed by atoms with E-state index in [2.05, 4.69) is 32.5 Å². The summed E-state index contributed by atoms with van der Waals surface area (Å²) >= 11 is 3.34. The number of carbonyl (C=O) groups excluding carboxylic acids is 1. The first kappa shape index (κ1) is 14.3. The van der Waals surface area contributed by atoms with Crippen LogP contribution in [0.1, 0.15) is 21.6 Å². The van der Waals surface area contributed by atoms with Gasteiger partial charge in [0.15, 0.2) is 11.3 Å². The van der Waals surface area contributed by atoms with E-state index in [0.717, 1.165) is 10.0 Å². The summed E-state index contributed by atoms with van der Waals surface area (Å²) < 4.78 is 6.02. The smallest absolute Gasteiger partial charge is 0.278 e. The highest BCUT2D eigenvalue weighted by molar-refractivity contribution is 9.10. The number of hydrogen-bond donors (Lipinski definition) is 1. The van der Waals surface area contributed by atoms with Crippen molar-refractivity contribution >= 4 is 38.5 Å². The van der Waals surface area contributed by atoms with Crippen molar-refractivity contribution < 1.29 is 9.32 Å². The molecular formula is C16H10BrN3O2. The Hall–Kier alpha value is -2.65. The van der Waals surface area contributed by atoms with Gasteiger partial charge in [0.1, 0.15) is 0 Å². The van der Waals surface area contributed by atoms with E-state index in [0.29, 0.717) is 22.2 Å². The number of nitrogens with zero attached hydrogens (tertiary/aromatic N) is 2. The number of rotatable bonds is 2. The number of nitriles is 1. The van der Waals surface area contributed by atoms with E-state index < -0.39 is 0 Å². The first-order valence-electron chi connectivity index (χ1n) is 6.45. The van der Waals surface area contributed by atoms with Crippen LogP contribution in [0.25, 0.3) is 11.0 Å². The third-order valence-corrected chi connectivity index (χ3v) is 3.75. The van der Waals surface area contributed by atoms with Gasteiger partial charge in [-0.1, -0.05) is 21.1 Å². The molecule has 6 heteroatoms. The Morgan fingerprint density at radius 3 is 2.86 bits per heavy atom. The normalized spacial score (nSPS) is 10.4. The van der Waals surface area contributed by atoms with Gasteiger partial charge < -0.3 is 9.84 Å². The molecule has 0 radical (unpaired) electrons. The molecule has 22 heavy (non-hydrogen) atoms. The minimum Gasteiger partial charge on any atom is -0.355 e. The lowest BCUT2D eigenvalue weighted by Gasteiger charge is -2.07. The number of carbonyl (C=O) groups is 1. The highest BCUT2D eigenvalue weighted by atomic mass is 79.9. The fourth-order valence-corrected chi connectivity index (χ4v) is 2.47. The topological polar surface area (TPSA) is 78.9 Å². The standard InChI is InChI=1S/C16H10BrN3O2/c1-9-6-10(8-18)2-5-13(9)19-16(21)15-12-4-3-11(17)7-14(12)22-20-15/h2-7H,1H3,(H,19,21). The molecule has 2 aromatic carbocycles. The van der Waals surface area contributed by atoms with Crippen LogP contribution in [0.15, 0.2) is 45.4 Å². The second kappa shape index (κ2) is 5.62. The Balaban J connectivity index is 1.92. The predicted octanol–water partition coefficient (Wildman–Crippen LogP) is 4.02. The number of amides is 1. The first-order valence-corrected chi connectivity index (χ1v) is 7.25. The zero-order valence-corrected chi connectivity index (χ0v) is 13.1. The van der Waals surface area contributed by atoms with E-state index >= 15 is 0 Å². The van der Waals surface area contributed by atoms with Crippen LogP contribution in [0.3, 0.4) is 0 Å². The van der Waals surface area contributed by atoms with Gasteiger partial charge in [-0.15, -0.1) is 0 Å². The number of nitrogens with one attached hydrogen (secondary N) is 1. The molecule has 0 aliphatic rings. The Labute approximate surface area is 134 Å². The van der Waals surface area contributed by atoms with E-state index in [9.17, 15) is 4.79 Å². The van der Waals surface area contributed by atoms with Crippen LogP contribution in [0.5, 0.6) is 0 Å². The molecule has 0 fully saturated rings. The van der Waals surface area contributed by atoms with E-state index in [1.807, 2.05) is 13.0 Å². The van der Waals surface area contributed by atoms with E-state index in [4.69, 9.17) is 9.78 Å². The van der Waals surface area contributed by atoms with Crippen LogP contribution < -0.4 is 5.32 Å². The summed E-state index contributed by atoms with van der Waals surface area (Å²) in [5, 5.41) is 16.1. The van der Waals surface area contributed by atoms with Crippen LogP contribution in [0.4, 0.5) is 5.69 Å². The molecule has 0 saturated heterocycles. The molecule has 0 aliphatic carbocycles. The van der Waals surface area contributed by atoms with Crippen LogP contribution in [0.2, 0.25) is 0 Å². The molecule has 5 nitrogen and oxygen atoms in total. The quantitative estimate of drug-likeness (QED) is 0.752. The third-order valence-electron chi connectivity index (χ3n) is 3.25. The highest BCUT2D eigenvalue weighted by Crippen LogP contribution is 2.24. The monoisotopic (exact) mass is 355 g/mol. The lowest BCUT2D eigenvalue weighted by atomic mass is 10.1. The summed E-state index contributed by atoms with van der Waals surface area (Å²) in [6.45, 7) is 1.83. The van der Waals surface area contributed by atoms with Crippen LogP contribution in [-0.4, -0.2) is 11.1 Å². The second-order valence-electron chi connectivity index (χ2n) is 4.77. The molecule has 1 N–H and O–H groups in total. The van der Waals surface area contributed by atoms with Crippen LogP contribution in [-0.2, 0) is 0 Å². The van der Waals surface area contributed by atoms with Crippen molar-refractivity contribution in [3.05, 3.63) is 57.7 Å².